The molecule has 0 fully saturated rings. The number of aromatic nitrogens is 1. The minimum atomic E-state index is -3.65. The quantitative estimate of drug-likeness (QED) is 0.725. The third kappa shape index (κ3) is 3.78. The summed E-state index contributed by atoms with van der Waals surface area (Å²) in [5, 5.41) is 2.95. The molecule has 0 aliphatic rings. The first kappa shape index (κ1) is 15.9. The number of halogens is 1. The van der Waals surface area contributed by atoms with Gasteiger partial charge in [0.1, 0.15) is 10.6 Å². The van der Waals surface area contributed by atoms with Crippen LogP contribution < -0.4 is 14.8 Å². The van der Waals surface area contributed by atoms with E-state index >= 15 is 0 Å². The zero-order valence-corrected chi connectivity index (χ0v) is 14.0. The number of methoxy groups -OCH3 is 1. The van der Waals surface area contributed by atoms with Crippen molar-refractivity contribution >= 4 is 31.6 Å². The molecule has 0 spiro atoms. The first-order valence-electron chi connectivity index (χ1n) is 6.14. The van der Waals surface area contributed by atoms with Gasteiger partial charge in [-0.1, -0.05) is 0 Å². The van der Waals surface area contributed by atoms with Crippen molar-refractivity contribution in [3.63, 3.8) is 0 Å². The first-order chi connectivity index (χ1) is 9.96. The van der Waals surface area contributed by atoms with E-state index in [9.17, 15) is 8.42 Å². The van der Waals surface area contributed by atoms with Gasteiger partial charge in [-0.05, 0) is 41.2 Å². The molecular formula is C13H16BrN3O3S. The van der Waals surface area contributed by atoms with Crippen molar-refractivity contribution in [2.45, 2.75) is 11.4 Å². The Hall–Kier alpha value is -1.51. The fourth-order valence-electron chi connectivity index (χ4n) is 1.78. The summed E-state index contributed by atoms with van der Waals surface area (Å²) in [4.78, 5) is 3.10. The van der Waals surface area contributed by atoms with Crippen molar-refractivity contribution in [1.29, 1.82) is 0 Å². The number of benzene rings is 1. The summed E-state index contributed by atoms with van der Waals surface area (Å²) in [7, 11) is -0.335. The highest BCUT2D eigenvalue weighted by molar-refractivity contribution is 9.10. The molecule has 0 saturated carbocycles. The number of nitrogens with one attached hydrogen (secondary N) is 3. The van der Waals surface area contributed by atoms with Gasteiger partial charge in [-0.2, -0.15) is 0 Å². The van der Waals surface area contributed by atoms with Crippen LogP contribution in [0.2, 0.25) is 0 Å². The second kappa shape index (κ2) is 6.50. The lowest BCUT2D eigenvalue weighted by Crippen LogP contribution is -2.12. The lowest BCUT2D eigenvalue weighted by Gasteiger charge is -2.10. The maximum Gasteiger partial charge on any atom is 0.263 e. The van der Waals surface area contributed by atoms with Crippen LogP contribution in [0.4, 0.5) is 5.69 Å². The molecule has 2 aromatic rings. The zero-order chi connectivity index (χ0) is 15.5. The fraction of sp³-hybridized carbons (Fsp3) is 0.231. The molecular weight excluding hydrogens is 358 g/mol. The molecule has 0 bridgehead atoms. The molecule has 0 aliphatic carbocycles. The van der Waals surface area contributed by atoms with Crippen LogP contribution in [0, 0.1) is 0 Å². The smallest absolute Gasteiger partial charge is 0.263 e. The molecule has 6 nitrogen and oxygen atoms in total. The molecule has 114 valence electrons. The number of anilines is 1. The molecule has 1 heterocycles. The van der Waals surface area contributed by atoms with Gasteiger partial charge in [0, 0.05) is 29.0 Å². The van der Waals surface area contributed by atoms with Crippen LogP contribution in [-0.4, -0.2) is 27.6 Å². The zero-order valence-electron chi connectivity index (χ0n) is 11.6. The minimum absolute atomic E-state index is 0.183. The van der Waals surface area contributed by atoms with Crippen LogP contribution in [0.15, 0.2) is 39.8 Å². The van der Waals surface area contributed by atoms with Gasteiger partial charge < -0.3 is 15.0 Å². The highest BCUT2D eigenvalue weighted by Crippen LogP contribution is 2.29. The number of aromatic amines is 1. The Bertz CT molecular complexity index is 728. The summed E-state index contributed by atoms with van der Waals surface area (Å²) in [6.07, 6.45) is 1.46. The normalized spacial score (nSPS) is 11.4. The standard InChI is InChI=1S/C13H16BrN3O3S/c1-15-7-9-5-11(8-16-9)21(18,19)17-13-6-10(20-2)3-4-12(13)14/h3-6,8,15-17H,7H2,1-2H3. The van der Waals surface area contributed by atoms with Gasteiger partial charge in [0.2, 0.25) is 0 Å². The molecule has 0 saturated heterocycles. The molecule has 0 unspecified atom stereocenters. The van der Waals surface area contributed by atoms with Crippen molar-refractivity contribution in [3.05, 3.63) is 40.6 Å². The number of sulfonamides is 1. The van der Waals surface area contributed by atoms with E-state index in [1.54, 1.807) is 31.3 Å². The summed E-state index contributed by atoms with van der Waals surface area (Å²) in [5.41, 5.74) is 1.22. The summed E-state index contributed by atoms with van der Waals surface area (Å²) in [5.74, 6) is 0.570. The van der Waals surface area contributed by atoms with Crippen molar-refractivity contribution in [1.82, 2.24) is 10.3 Å². The Kier molecular flexibility index (Phi) is 4.92. The highest BCUT2D eigenvalue weighted by atomic mass is 79.9. The molecule has 1 aromatic heterocycles. The molecule has 0 atom stereocenters. The van der Waals surface area contributed by atoms with E-state index in [0.717, 1.165) is 5.69 Å². The topological polar surface area (TPSA) is 83.2 Å². The average Bonchev–Trinajstić information content (AvgIpc) is 2.91. The molecule has 0 aliphatic heterocycles. The summed E-state index contributed by atoms with van der Waals surface area (Å²) in [6, 6.07) is 6.67. The van der Waals surface area contributed by atoms with E-state index in [1.807, 2.05) is 0 Å². The van der Waals surface area contributed by atoms with E-state index in [0.29, 0.717) is 22.5 Å². The Balaban J connectivity index is 2.28. The number of H-pyrrole nitrogens is 1. The van der Waals surface area contributed by atoms with Crippen LogP contribution in [0.1, 0.15) is 5.69 Å². The van der Waals surface area contributed by atoms with Crippen molar-refractivity contribution in [2.24, 2.45) is 0 Å². The van der Waals surface area contributed by atoms with Crippen LogP contribution in [0.25, 0.3) is 0 Å². The van der Waals surface area contributed by atoms with E-state index in [-0.39, 0.29) is 4.90 Å². The molecule has 21 heavy (non-hydrogen) atoms. The van der Waals surface area contributed by atoms with Crippen LogP contribution >= 0.6 is 15.9 Å². The fourth-order valence-corrected chi connectivity index (χ4v) is 3.34. The van der Waals surface area contributed by atoms with Gasteiger partial charge in [-0.25, -0.2) is 8.42 Å². The Morgan fingerprint density at radius 1 is 1.33 bits per heavy atom. The maximum absolute atomic E-state index is 12.4. The van der Waals surface area contributed by atoms with Gasteiger partial charge in [-0.15, -0.1) is 0 Å². The third-order valence-electron chi connectivity index (χ3n) is 2.81. The van der Waals surface area contributed by atoms with E-state index in [4.69, 9.17) is 4.74 Å². The number of rotatable bonds is 6. The number of hydrogen-bond donors (Lipinski definition) is 3. The Morgan fingerprint density at radius 2 is 2.10 bits per heavy atom. The maximum atomic E-state index is 12.4. The predicted octanol–water partition coefficient (Wildman–Crippen LogP) is 2.31. The summed E-state index contributed by atoms with van der Waals surface area (Å²) < 4.78 is 33.0. The second-order valence-electron chi connectivity index (χ2n) is 4.34. The van der Waals surface area contributed by atoms with E-state index < -0.39 is 10.0 Å². The lowest BCUT2D eigenvalue weighted by atomic mass is 10.3. The van der Waals surface area contributed by atoms with E-state index in [1.165, 1.54) is 13.3 Å². The van der Waals surface area contributed by atoms with Gasteiger partial charge >= 0.3 is 0 Å². The molecule has 1 aromatic carbocycles. The van der Waals surface area contributed by atoms with Gasteiger partial charge in [0.05, 0.1) is 12.8 Å². The average molecular weight is 374 g/mol. The molecule has 8 heteroatoms. The molecule has 0 amide bonds. The predicted molar refractivity (Wildman–Crippen MR) is 85.1 cm³/mol. The lowest BCUT2D eigenvalue weighted by molar-refractivity contribution is 0.415. The van der Waals surface area contributed by atoms with Gasteiger partial charge in [-0.3, -0.25) is 4.72 Å². The number of ether oxygens (including phenoxy) is 1. The second-order valence-corrected chi connectivity index (χ2v) is 6.88. The monoisotopic (exact) mass is 373 g/mol. The largest absolute Gasteiger partial charge is 0.497 e. The van der Waals surface area contributed by atoms with Crippen LogP contribution in [0.3, 0.4) is 0 Å². The first-order valence-corrected chi connectivity index (χ1v) is 8.42. The SMILES string of the molecule is CNCc1cc(S(=O)(=O)Nc2cc(OC)ccc2Br)c[nH]1. The van der Waals surface area contributed by atoms with Crippen LogP contribution in [0.5, 0.6) is 5.75 Å². The van der Waals surface area contributed by atoms with Crippen molar-refractivity contribution in [2.75, 3.05) is 18.9 Å². The molecule has 0 radical (unpaired) electrons. The van der Waals surface area contributed by atoms with Crippen LogP contribution in [-0.2, 0) is 16.6 Å². The summed E-state index contributed by atoms with van der Waals surface area (Å²) in [6.45, 7) is 0.568. The third-order valence-corrected chi connectivity index (χ3v) is 4.85. The number of hydrogen-bond acceptors (Lipinski definition) is 4. The molecule has 3 N–H and O–H groups in total. The molecule has 2 rings (SSSR count). The van der Waals surface area contributed by atoms with E-state index in [2.05, 4.69) is 31.0 Å². The Morgan fingerprint density at radius 3 is 2.76 bits per heavy atom. The van der Waals surface area contributed by atoms with Gasteiger partial charge in [0.25, 0.3) is 10.0 Å². The summed E-state index contributed by atoms with van der Waals surface area (Å²) >= 11 is 3.31. The van der Waals surface area contributed by atoms with Gasteiger partial charge in [0.15, 0.2) is 0 Å². The highest BCUT2D eigenvalue weighted by Gasteiger charge is 2.17. The van der Waals surface area contributed by atoms with Crippen molar-refractivity contribution < 1.29 is 13.2 Å². The Labute approximate surface area is 132 Å². The van der Waals surface area contributed by atoms with Crippen molar-refractivity contribution in [3.8, 4) is 5.75 Å². The minimum Gasteiger partial charge on any atom is -0.497 e.